The lowest BCUT2D eigenvalue weighted by Gasteiger charge is -2.24. The predicted molar refractivity (Wildman–Crippen MR) is 42.1 cm³/mol. The minimum atomic E-state index is -3.58. The molecule has 0 aromatic heterocycles. The maximum atomic E-state index is 10.6. The first-order valence-corrected chi connectivity index (χ1v) is 5.33. The highest BCUT2D eigenvalue weighted by molar-refractivity contribution is 8.13. The van der Waals surface area contributed by atoms with Crippen LogP contribution in [0.15, 0.2) is 0 Å². The van der Waals surface area contributed by atoms with Gasteiger partial charge in [-0.2, -0.15) is 0 Å². The minimum absolute atomic E-state index is 0.367. The molecule has 0 saturated carbocycles. The molecule has 0 aliphatic rings. The van der Waals surface area contributed by atoms with E-state index in [4.69, 9.17) is 20.2 Å². The highest BCUT2D eigenvalue weighted by Crippen LogP contribution is 2.14. The van der Waals surface area contributed by atoms with E-state index < -0.39 is 14.8 Å². The van der Waals surface area contributed by atoms with Crippen molar-refractivity contribution in [3.63, 3.8) is 0 Å². The van der Waals surface area contributed by atoms with Gasteiger partial charge >= 0.3 is 0 Å². The van der Waals surface area contributed by atoms with Crippen molar-refractivity contribution in [3.8, 4) is 0 Å². The van der Waals surface area contributed by atoms with Crippen LogP contribution in [-0.4, -0.2) is 34.2 Å². The molecule has 68 valence electrons. The van der Waals surface area contributed by atoms with Crippen LogP contribution in [0, 0.1) is 0 Å². The van der Waals surface area contributed by atoms with Crippen molar-refractivity contribution in [2.75, 3.05) is 20.0 Å². The molecule has 0 amide bonds. The molecule has 4 nitrogen and oxygen atoms in total. The Morgan fingerprint density at radius 2 is 1.73 bits per heavy atom. The van der Waals surface area contributed by atoms with Crippen molar-refractivity contribution >= 4 is 19.7 Å². The summed E-state index contributed by atoms with van der Waals surface area (Å²) in [6.07, 6.45) is 0. The molecule has 0 unspecified atom stereocenters. The zero-order valence-corrected chi connectivity index (χ0v) is 8.20. The molecule has 0 aliphatic heterocycles. The maximum absolute atomic E-state index is 10.6. The molecular formula is C5H11ClO4S. The van der Waals surface area contributed by atoms with E-state index in [1.165, 1.54) is 21.1 Å². The molecule has 0 bridgehead atoms. The third-order valence-electron chi connectivity index (χ3n) is 1.30. The number of hydrogen-bond acceptors (Lipinski definition) is 4. The maximum Gasteiger partial charge on any atom is 0.237 e. The van der Waals surface area contributed by atoms with E-state index in [9.17, 15) is 8.42 Å². The molecule has 0 aromatic rings. The molecule has 0 atom stereocenters. The Hall–Kier alpha value is 0.160. The molecule has 0 aliphatic carbocycles. The van der Waals surface area contributed by atoms with Crippen LogP contribution in [0.1, 0.15) is 6.92 Å². The number of methoxy groups -OCH3 is 2. The Labute approximate surface area is 70.9 Å². The summed E-state index contributed by atoms with van der Waals surface area (Å²) in [4.78, 5) is 0. The molecule has 0 heterocycles. The lowest BCUT2D eigenvalue weighted by atomic mass is 10.4. The first kappa shape index (κ1) is 11.2. The van der Waals surface area contributed by atoms with Crippen molar-refractivity contribution in [2.24, 2.45) is 0 Å². The van der Waals surface area contributed by atoms with Crippen molar-refractivity contribution in [1.82, 2.24) is 0 Å². The second-order valence-electron chi connectivity index (χ2n) is 2.23. The van der Waals surface area contributed by atoms with E-state index in [0.29, 0.717) is 0 Å². The Kier molecular flexibility index (Phi) is 3.76. The van der Waals surface area contributed by atoms with Crippen molar-refractivity contribution < 1.29 is 17.9 Å². The van der Waals surface area contributed by atoms with E-state index in [2.05, 4.69) is 0 Å². The normalized spacial score (nSPS) is 13.5. The van der Waals surface area contributed by atoms with Crippen LogP contribution in [-0.2, 0) is 18.5 Å². The van der Waals surface area contributed by atoms with Gasteiger partial charge in [-0.3, -0.25) is 0 Å². The summed E-state index contributed by atoms with van der Waals surface area (Å²) in [5.41, 5.74) is 0. The molecule has 0 aromatic carbocycles. The van der Waals surface area contributed by atoms with Gasteiger partial charge in [0, 0.05) is 24.9 Å². The second kappa shape index (κ2) is 3.71. The summed E-state index contributed by atoms with van der Waals surface area (Å²) >= 11 is 0. The number of ether oxygens (including phenoxy) is 2. The van der Waals surface area contributed by atoms with Crippen LogP contribution >= 0.6 is 10.7 Å². The summed E-state index contributed by atoms with van der Waals surface area (Å²) in [5.74, 6) is -1.52. The van der Waals surface area contributed by atoms with E-state index >= 15 is 0 Å². The van der Waals surface area contributed by atoms with Crippen LogP contribution in [0.3, 0.4) is 0 Å². The Balaban J connectivity index is 4.32. The molecule has 0 spiro atoms. The van der Waals surface area contributed by atoms with Gasteiger partial charge in [0.05, 0.1) is 0 Å². The highest BCUT2D eigenvalue weighted by atomic mass is 35.7. The molecule has 0 fully saturated rings. The molecule has 0 rings (SSSR count). The fourth-order valence-electron chi connectivity index (χ4n) is 0.514. The monoisotopic (exact) mass is 202 g/mol. The summed E-state index contributed by atoms with van der Waals surface area (Å²) in [5, 5.41) is 0. The highest BCUT2D eigenvalue weighted by Gasteiger charge is 2.29. The van der Waals surface area contributed by atoms with E-state index in [0.717, 1.165) is 0 Å². The van der Waals surface area contributed by atoms with Gasteiger partial charge in [0.2, 0.25) is 9.05 Å². The fourth-order valence-corrected chi connectivity index (χ4v) is 1.97. The third kappa shape index (κ3) is 4.58. The topological polar surface area (TPSA) is 52.6 Å². The first-order chi connectivity index (χ1) is 4.83. The van der Waals surface area contributed by atoms with Gasteiger partial charge in [-0.25, -0.2) is 8.42 Å². The largest absolute Gasteiger partial charge is 0.352 e. The fraction of sp³-hybridized carbons (Fsp3) is 1.00. The summed E-state index contributed by atoms with van der Waals surface area (Å²) in [7, 11) is 4.11. The van der Waals surface area contributed by atoms with Crippen LogP contribution < -0.4 is 0 Å². The second-order valence-corrected chi connectivity index (χ2v) is 5.00. The number of halogens is 1. The number of hydrogen-bond donors (Lipinski definition) is 0. The third-order valence-corrected chi connectivity index (χ3v) is 2.49. The Morgan fingerprint density at radius 3 is 1.82 bits per heavy atom. The first-order valence-electron chi connectivity index (χ1n) is 2.85. The average molecular weight is 203 g/mol. The molecule has 6 heteroatoms. The van der Waals surface area contributed by atoms with Crippen LogP contribution in [0.5, 0.6) is 0 Å². The molecule has 0 N–H and O–H groups in total. The average Bonchev–Trinajstić information content (AvgIpc) is 1.84. The van der Waals surface area contributed by atoms with Gasteiger partial charge in [0.15, 0.2) is 5.79 Å². The van der Waals surface area contributed by atoms with Crippen LogP contribution in [0.4, 0.5) is 0 Å². The zero-order valence-electron chi connectivity index (χ0n) is 6.63. The van der Waals surface area contributed by atoms with Crippen LogP contribution in [0.25, 0.3) is 0 Å². The zero-order chi connectivity index (χ0) is 9.12. The summed E-state index contributed by atoms with van der Waals surface area (Å²) in [6, 6.07) is 0. The van der Waals surface area contributed by atoms with Gasteiger partial charge < -0.3 is 9.47 Å². The van der Waals surface area contributed by atoms with Gasteiger partial charge in [0.1, 0.15) is 5.75 Å². The quantitative estimate of drug-likeness (QED) is 0.494. The van der Waals surface area contributed by atoms with Gasteiger partial charge in [0.25, 0.3) is 0 Å². The Bertz CT molecular complexity index is 207. The van der Waals surface area contributed by atoms with Gasteiger partial charge in [-0.15, -0.1) is 0 Å². The van der Waals surface area contributed by atoms with E-state index in [1.807, 2.05) is 0 Å². The smallest absolute Gasteiger partial charge is 0.237 e. The van der Waals surface area contributed by atoms with Gasteiger partial charge in [-0.05, 0) is 6.92 Å². The molecule has 0 radical (unpaired) electrons. The minimum Gasteiger partial charge on any atom is -0.352 e. The van der Waals surface area contributed by atoms with Crippen molar-refractivity contribution in [3.05, 3.63) is 0 Å². The lowest BCUT2D eigenvalue weighted by Crippen LogP contribution is -2.36. The summed E-state index contributed by atoms with van der Waals surface area (Å²) in [6.45, 7) is 1.49. The van der Waals surface area contributed by atoms with Crippen molar-refractivity contribution in [1.29, 1.82) is 0 Å². The van der Waals surface area contributed by atoms with E-state index in [-0.39, 0.29) is 5.75 Å². The SMILES string of the molecule is COC(C)(CS(=O)(=O)Cl)OC. The predicted octanol–water partition coefficient (Wildman–Crippen LogP) is 0.564. The van der Waals surface area contributed by atoms with E-state index in [1.54, 1.807) is 0 Å². The standard InChI is InChI=1S/C5H11ClO4S/c1-5(9-2,10-3)4-11(6,7)8/h4H2,1-3H3. The summed E-state index contributed by atoms with van der Waals surface area (Å²) < 4.78 is 30.7. The van der Waals surface area contributed by atoms with Crippen molar-refractivity contribution in [2.45, 2.75) is 12.7 Å². The van der Waals surface area contributed by atoms with Crippen LogP contribution in [0.2, 0.25) is 0 Å². The number of rotatable bonds is 4. The molecule has 11 heavy (non-hydrogen) atoms. The molecule has 0 saturated heterocycles. The Morgan fingerprint density at radius 1 is 1.36 bits per heavy atom. The lowest BCUT2D eigenvalue weighted by molar-refractivity contribution is -0.175. The molecular weight excluding hydrogens is 192 g/mol. The van der Waals surface area contributed by atoms with Gasteiger partial charge in [-0.1, -0.05) is 0 Å².